The summed E-state index contributed by atoms with van der Waals surface area (Å²) in [5.74, 6) is 1.22. The number of benzene rings is 1. The second kappa shape index (κ2) is 4.51. The van der Waals surface area contributed by atoms with Crippen molar-refractivity contribution in [1.82, 2.24) is 0 Å². The molecule has 0 saturated heterocycles. The number of nitrogens with two attached hydrogens (primary N) is 1. The first-order chi connectivity index (χ1) is 7.05. The van der Waals surface area contributed by atoms with Gasteiger partial charge in [-0.3, -0.25) is 0 Å². The lowest BCUT2D eigenvalue weighted by Gasteiger charge is -2.22. The standard InChI is InChI=1S/C11H17NO3/c1-11(13,7-12)8-4-5-9(14-2)10(6-8)15-3/h4-6,13H,7,12H2,1-3H3/t11-/m1/s1. The number of rotatable bonds is 4. The molecule has 0 aromatic heterocycles. The Bertz CT molecular complexity index is 337. The fraction of sp³-hybridized carbons (Fsp3) is 0.455. The lowest BCUT2D eigenvalue weighted by molar-refractivity contribution is 0.0665. The number of hydrogen-bond acceptors (Lipinski definition) is 4. The number of hydrogen-bond donors (Lipinski definition) is 2. The van der Waals surface area contributed by atoms with Crippen LogP contribution in [0.2, 0.25) is 0 Å². The van der Waals surface area contributed by atoms with Crippen LogP contribution in [0.1, 0.15) is 12.5 Å². The van der Waals surface area contributed by atoms with Gasteiger partial charge in [0, 0.05) is 6.54 Å². The summed E-state index contributed by atoms with van der Waals surface area (Å²) in [5, 5.41) is 9.96. The van der Waals surface area contributed by atoms with E-state index in [4.69, 9.17) is 15.2 Å². The molecule has 3 N–H and O–H groups in total. The van der Waals surface area contributed by atoms with E-state index in [0.717, 1.165) is 0 Å². The molecule has 0 amide bonds. The maximum Gasteiger partial charge on any atom is 0.161 e. The maximum atomic E-state index is 9.96. The zero-order chi connectivity index (χ0) is 11.5. The molecule has 1 atom stereocenters. The number of ether oxygens (including phenoxy) is 2. The van der Waals surface area contributed by atoms with Gasteiger partial charge < -0.3 is 20.3 Å². The Balaban J connectivity index is 3.13. The third kappa shape index (κ3) is 2.40. The molecule has 0 heterocycles. The summed E-state index contributed by atoms with van der Waals surface area (Å²) in [7, 11) is 3.12. The zero-order valence-electron chi connectivity index (χ0n) is 9.28. The summed E-state index contributed by atoms with van der Waals surface area (Å²) in [4.78, 5) is 0. The number of aliphatic hydroxyl groups is 1. The average molecular weight is 211 g/mol. The Morgan fingerprint density at radius 2 is 1.87 bits per heavy atom. The van der Waals surface area contributed by atoms with Crippen molar-refractivity contribution in [3.8, 4) is 11.5 Å². The monoisotopic (exact) mass is 211 g/mol. The van der Waals surface area contributed by atoms with E-state index in [0.29, 0.717) is 17.1 Å². The van der Waals surface area contributed by atoms with E-state index in [2.05, 4.69) is 0 Å². The molecule has 4 nitrogen and oxygen atoms in total. The van der Waals surface area contributed by atoms with Crippen LogP contribution in [0, 0.1) is 0 Å². The summed E-state index contributed by atoms with van der Waals surface area (Å²) >= 11 is 0. The summed E-state index contributed by atoms with van der Waals surface area (Å²) in [6.45, 7) is 1.82. The largest absolute Gasteiger partial charge is 0.493 e. The smallest absolute Gasteiger partial charge is 0.161 e. The van der Waals surface area contributed by atoms with E-state index in [-0.39, 0.29) is 6.54 Å². The van der Waals surface area contributed by atoms with Crippen LogP contribution in [0.5, 0.6) is 11.5 Å². The molecule has 4 heteroatoms. The molecule has 0 aliphatic heterocycles. The van der Waals surface area contributed by atoms with Crippen LogP contribution in [0.25, 0.3) is 0 Å². The molecule has 1 aromatic rings. The van der Waals surface area contributed by atoms with Crippen molar-refractivity contribution >= 4 is 0 Å². The summed E-state index contributed by atoms with van der Waals surface area (Å²) in [5.41, 5.74) is 5.15. The highest BCUT2D eigenvalue weighted by Crippen LogP contribution is 2.31. The molecule has 0 saturated carbocycles. The van der Waals surface area contributed by atoms with Gasteiger partial charge in [0.2, 0.25) is 0 Å². The van der Waals surface area contributed by atoms with Crippen LogP contribution < -0.4 is 15.2 Å². The molecule has 84 valence electrons. The van der Waals surface area contributed by atoms with E-state index in [1.165, 1.54) is 0 Å². The Kier molecular flexibility index (Phi) is 3.55. The average Bonchev–Trinajstić information content (AvgIpc) is 2.28. The first kappa shape index (κ1) is 11.8. The summed E-state index contributed by atoms with van der Waals surface area (Å²) in [6.07, 6.45) is 0. The minimum Gasteiger partial charge on any atom is -0.493 e. The van der Waals surface area contributed by atoms with Crippen molar-refractivity contribution in [1.29, 1.82) is 0 Å². The van der Waals surface area contributed by atoms with Gasteiger partial charge in [-0.1, -0.05) is 6.07 Å². The lowest BCUT2D eigenvalue weighted by atomic mass is 9.96. The van der Waals surface area contributed by atoms with Gasteiger partial charge in [-0.05, 0) is 24.6 Å². The fourth-order valence-electron chi connectivity index (χ4n) is 1.29. The van der Waals surface area contributed by atoms with Crippen molar-refractivity contribution < 1.29 is 14.6 Å². The molecule has 15 heavy (non-hydrogen) atoms. The Morgan fingerprint density at radius 1 is 1.27 bits per heavy atom. The van der Waals surface area contributed by atoms with E-state index in [1.807, 2.05) is 0 Å². The van der Waals surface area contributed by atoms with Gasteiger partial charge in [0.05, 0.1) is 19.8 Å². The van der Waals surface area contributed by atoms with Crippen LogP contribution >= 0.6 is 0 Å². The molecule has 0 fully saturated rings. The minimum absolute atomic E-state index is 0.155. The molecule has 0 unspecified atom stereocenters. The van der Waals surface area contributed by atoms with Gasteiger partial charge in [0.15, 0.2) is 11.5 Å². The van der Waals surface area contributed by atoms with Crippen molar-refractivity contribution in [2.24, 2.45) is 5.73 Å². The molecule has 0 bridgehead atoms. The SMILES string of the molecule is COc1ccc([C@](C)(O)CN)cc1OC. The molecular formula is C11H17NO3. The minimum atomic E-state index is -1.04. The lowest BCUT2D eigenvalue weighted by Crippen LogP contribution is -2.31. The first-order valence-corrected chi connectivity index (χ1v) is 4.70. The molecule has 0 spiro atoms. The normalized spacial score (nSPS) is 14.5. The van der Waals surface area contributed by atoms with Crippen LogP contribution in [0.3, 0.4) is 0 Å². The van der Waals surface area contributed by atoms with Gasteiger partial charge in [-0.25, -0.2) is 0 Å². The van der Waals surface area contributed by atoms with E-state index in [1.54, 1.807) is 39.3 Å². The third-order valence-electron chi connectivity index (χ3n) is 2.40. The Morgan fingerprint density at radius 3 is 2.33 bits per heavy atom. The molecule has 0 aliphatic rings. The molecule has 0 aliphatic carbocycles. The topological polar surface area (TPSA) is 64.7 Å². The van der Waals surface area contributed by atoms with Crippen molar-refractivity contribution in [2.45, 2.75) is 12.5 Å². The second-order valence-corrected chi connectivity index (χ2v) is 3.55. The van der Waals surface area contributed by atoms with Crippen molar-refractivity contribution in [2.75, 3.05) is 20.8 Å². The van der Waals surface area contributed by atoms with Crippen molar-refractivity contribution in [3.63, 3.8) is 0 Å². The Hall–Kier alpha value is -1.26. The van der Waals surface area contributed by atoms with E-state index >= 15 is 0 Å². The van der Waals surface area contributed by atoms with Crippen LogP contribution in [0.15, 0.2) is 18.2 Å². The molecule has 0 radical (unpaired) electrons. The first-order valence-electron chi connectivity index (χ1n) is 4.70. The van der Waals surface area contributed by atoms with E-state index < -0.39 is 5.60 Å². The van der Waals surface area contributed by atoms with Gasteiger partial charge in [0.25, 0.3) is 0 Å². The third-order valence-corrected chi connectivity index (χ3v) is 2.40. The van der Waals surface area contributed by atoms with Crippen LogP contribution in [-0.4, -0.2) is 25.9 Å². The maximum absolute atomic E-state index is 9.96. The van der Waals surface area contributed by atoms with E-state index in [9.17, 15) is 5.11 Å². The zero-order valence-corrected chi connectivity index (χ0v) is 9.28. The summed E-state index contributed by atoms with van der Waals surface area (Å²) < 4.78 is 10.2. The van der Waals surface area contributed by atoms with Gasteiger partial charge >= 0.3 is 0 Å². The Labute approximate surface area is 89.6 Å². The predicted molar refractivity (Wildman–Crippen MR) is 58.2 cm³/mol. The summed E-state index contributed by atoms with van der Waals surface area (Å²) in [6, 6.07) is 5.25. The molecular weight excluding hydrogens is 194 g/mol. The van der Waals surface area contributed by atoms with Crippen LogP contribution in [-0.2, 0) is 5.60 Å². The van der Waals surface area contributed by atoms with Gasteiger partial charge in [-0.15, -0.1) is 0 Å². The van der Waals surface area contributed by atoms with Crippen LogP contribution in [0.4, 0.5) is 0 Å². The van der Waals surface area contributed by atoms with Crippen molar-refractivity contribution in [3.05, 3.63) is 23.8 Å². The van der Waals surface area contributed by atoms with Gasteiger partial charge in [-0.2, -0.15) is 0 Å². The predicted octanol–water partition coefficient (Wildman–Crippen LogP) is 0.870. The highest BCUT2D eigenvalue weighted by Gasteiger charge is 2.22. The quantitative estimate of drug-likeness (QED) is 0.775. The second-order valence-electron chi connectivity index (χ2n) is 3.55. The van der Waals surface area contributed by atoms with Gasteiger partial charge in [0.1, 0.15) is 0 Å². The highest BCUT2D eigenvalue weighted by molar-refractivity contribution is 5.44. The fourth-order valence-corrected chi connectivity index (χ4v) is 1.29. The highest BCUT2D eigenvalue weighted by atomic mass is 16.5. The molecule has 1 aromatic carbocycles. The number of methoxy groups -OCH3 is 2. The molecule has 1 rings (SSSR count).